The maximum atomic E-state index is 5.43. The van der Waals surface area contributed by atoms with E-state index in [0.717, 1.165) is 26.3 Å². The van der Waals surface area contributed by atoms with E-state index in [1.54, 1.807) is 0 Å². The van der Waals surface area contributed by atoms with Gasteiger partial charge in [-0.3, -0.25) is 0 Å². The van der Waals surface area contributed by atoms with Gasteiger partial charge in [0.25, 0.3) is 0 Å². The lowest BCUT2D eigenvalue weighted by Gasteiger charge is -2.29. The average molecular weight is 206 g/mol. The van der Waals surface area contributed by atoms with E-state index in [1.807, 2.05) is 6.07 Å². The zero-order chi connectivity index (χ0) is 10.5. The van der Waals surface area contributed by atoms with Gasteiger partial charge in [0.05, 0.1) is 13.2 Å². The van der Waals surface area contributed by atoms with Crippen molar-refractivity contribution in [2.24, 2.45) is 0 Å². The van der Waals surface area contributed by atoms with E-state index in [1.165, 1.54) is 5.69 Å². The Balaban J connectivity index is 1.88. The monoisotopic (exact) mass is 206 g/mol. The molecular formula is C12H18N2O. The number of likely N-dealkylation sites (N-methyl/N-ethyl adjacent to an activating group) is 1. The number of hydrogen-bond donors (Lipinski definition) is 1. The van der Waals surface area contributed by atoms with E-state index in [2.05, 4.69) is 41.5 Å². The number of rotatable bonds is 3. The molecule has 3 nitrogen and oxygen atoms in total. The highest BCUT2D eigenvalue weighted by atomic mass is 16.5. The highest BCUT2D eigenvalue weighted by molar-refractivity contribution is 5.45. The number of hydrogen-bond acceptors (Lipinski definition) is 3. The van der Waals surface area contributed by atoms with Gasteiger partial charge in [-0.15, -0.1) is 0 Å². The number of para-hydroxylation sites is 1. The molecule has 1 aliphatic heterocycles. The summed E-state index contributed by atoms with van der Waals surface area (Å²) in [7, 11) is 2.12. The van der Waals surface area contributed by atoms with Crippen molar-refractivity contribution < 1.29 is 4.74 Å². The van der Waals surface area contributed by atoms with Gasteiger partial charge in [-0.05, 0) is 12.1 Å². The van der Waals surface area contributed by atoms with Crippen LogP contribution >= 0.6 is 0 Å². The first-order valence-electron chi connectivity index (χ1n) is 5.43. The Morgan fingerprint density at radius 1 is 1.40 bits per heavy atom. The number of ether oxygens (including phenoxy) is 1. The minimum Gasteiger partial charge on any atom is -0.378 e. The van der Waals surface area contributed by atoms with Crippen LogP contribution in [0.1, 0.15) is 0 Å². The first kappa shape index (κ1) is 10.5. The summed E-state index contributed by atoms with van der Waals surface area (Å²) in [6, 6.07) is 10.9. The van der Waals surface area contributed by atoms with Gasteiger partial charge in [0, 0.05) is 31.9 Å². The van der Waals surface area contributed by atoms with Crippen molar-refractivity contribution in [3.05, 3.63) is 30.3 Å². The summed E-state index contributed by atoms with van der Waals surface area (Å²) in [6.45, 7) is 3.61. The Morgan fingerprint density at radius 3 is 2.87 bits per heavy atom. The van der Waals surface area contributed by atoms with Crippen molar-refractivity contribution in [3.8, 4) is 0 Å². The number of anilines is 1. The second-order valence-electron chi connectivity index (χ2n) is 3.94. The average Bonchev–Trinajstić information content (AvgIpc) is 2.31. The first-order chi connectivity index (χ1) is 7.36. The van der Waals surface area contributed by atoms with Gasteiger partial charge in [-0.1, -0.05) is 18.2 Å². The summed E-state index contributed by atoms with van der Waals surface area (Å²) in [5.74, 6) is 0. The molecule has 0 aromatic heterocycles. The fraction of sp³-hybridized carbons (Fsp3) is 0.500. The van der Waals surface area contributed by atoms with Gasteiger partial charge >= 0.3 is 0 Å². The fourth-order valence-electron chi connectivity index (χ4n) is 1.86. The van der Waals surface area contributed by atoms with E-state index in [9.17, 15) is 0 Å². The quantitative estimate of drug-likeness (QED) is 0.802. The molecule has 1 saturated heterocycles. The lowest BCUT2D eigenvalue weighted by molar-refractivity contribution is 0.0791. The molecule has 82 valence electrons. The van der Waals surface area contributed by atoms with Crippen LogP contribution < -0.4 is 10.2 Å². The van der Waals surface area contributed by atoms with Crippen molar-refractivity contribution in [1.29, 1.82) is 0 Å². The SMILES string of the molecule is CN(CC1COCCN1)c1ccccc1. The second-order valence-corrected chi connectivity index (χ2v) is 3.94. The van der Waals surface area contributed by atoms with Crippen molar-refractivity contribution >= 4 is 5.69 Å². The molecule has 1 atom stereocenters. The zero-order valence-electron chi connectivity index (χ0n) is 9.15. The summed E-state index contributed by atoms with van der Waals surface area (Å²) in [5.41, 5.74) is 1.25. The van der Waals surface area contributed by atoms with Gasteiger partial charge in [0.1, 0.15) is 0 Å². The molecule has 15 heavy (non-hydrogen) atoms. The van der Waals surface area contributed by atoms with Crippen LogP contribution in [-0.4, -0.2) is 39.4 Å². The number of nitrogens with one attached hydrogen (secondary N) is 1. The van der Waals surface area contributed by atoms with Gasteiger partial charge in [0.2, 0.25) is 0 Å². The third-order valence-corrected chi connectivity index (χ3v) is 2.69. The predicted molar refractivity (Wildman–Crippen MR) is 62.3 cm³/mol. The van der Waals surface area contributed by atoms with E-state index >= 15 is 0 Å². The summed E-state index contributed by atoms with van der Waals surface area (Å²) >= 11 is 0. The summed E-state index contributed by atoms with van der Waals surface area (Å²) < 4.78 is 5.43. The minimum absolute atomic E-state index is 0.448. The van der Waals surface area contributed by atoms with Crippen molar-refractivity contribution in [1.82, 2.24) is 5.32 Å². The van der Waals surface area contributed by atoms with Crippen LogP contribution in [0.4, 0.5) is 5.69 Å². The van der Waals surface area contributed by atoms with E-state index in [-0.39, 0.29) is 0 Å². The summed E-state index contributed by atoms with van der Waals surface area (Å²) in [5, 5.41) is 3.45. The number of morpholine rings is 1. The predicted octanol–water partition coefficient (Wildman–Crippen LogP) is 1.11. The maximum absolute atomic E-state index is 5.43. The van der Waals surface area contributed by atoms with Gasteiger partial charge < -0.3 is 15.0 Å². The van der Waals surface area contributed by atoms with E-state index < -0.39 is 0 Å². The van der Waals surface area contributed by atoms with Gasteiger partial charge in [-0.2, -0.15) is 0 Å². The van der Waals surface area contributed by atoms with Crippen LogP contribution in [-0.2, 0) is 4.74 Å². The maximum Gasteiger partial charge on any atom is 0.0637 e. The molecule has 0 saturated carbocycles. The summed E-state index contributed by atoms with van der Waals surface area (Å²) in [6.07, 6.45) is 0. The van der Waals surface area contributed by atoms with Crippen LogP contribution in [0.2, 0.25) is 0 Å². The molecule has 1 aliphatic rings. The highest BCUT2D eigenvalue weighted by Gasteiger charge is 2.14. The third-order valence-electron chi connectivity index (χ3n) is 2.69. The Morgan fingerprint density at radius 2 is 2.20 bits per heavy atom. The Kier molecular flexibility index (Phi) is 3.59. The first-order valence-corrected chi connectivity index (χ1v) is 5.43. The van der Waals surface area contributed by atoms with Crippen molar-refractivity contribution in [2.75, 3.05) is 38.3 Å². The van der Waals surface area contributed by atoms with Crippen molar-refractivity contribution in [3.63, 3.8) is 0 Å². The van der Waals surface area contributed by atoms with E-state index in [4.69, 9.17) is 4.74 Å². The Hall–Kier alpha value is -1.06. The Labute approximate surface area is 91.0 Å². The Bertz CT molecular complexity index is 283. The minimum atomic E-state index is 0.448. The smallest absolute Gasteiger partial charge is 0.0637 e. The fourth-order valence-corrected chi connectivity index (χ4v) is 1.86. The molecule has 1 fully saturated rings. The largest absolute Gasteiger partial charge is 0.378 e. The normalized spacial score (nSPS) is 21.3. The molecule has 0 spiro atoms. The molecule has 3 heteroatoms. The van der Waals surface area contributed by atoms with Gasteiger partial charge in [0.15, 0.2) is 0 Å². The summed E-state index contributed by atoms with van der Waals surface area (Å²) in [4.78, 5) is 2.26. The van der Waals surface area contributed by atoms with Crippen LogP contribution in [0.25, 0.3) is 0 Å². The molecule has 1 aromatic rings. The van der Waals surface area contributed by atoms with Crippen molar-refractivity contribution in [2.45, 2.75) is 6.04 Å². The van der Waals surface area contributed by atoms with Crippen LogP contribution in [0.3, 0.4) is 0 Å². The third kappa shape index (κ3) is 2.94. The second kappa shape index (κ2) is 5.14. The standard InChI is InChI=1S/C12H18N2O/c1-14(12-5-3-2-4-6-12)9-11-10-15-8-7-13-11/h2-6,11,13H,7-10H2,1H3. The lowest BCUT2D eigenvalue weighted by atomic mass is 10.2. The van der Waals surface area contributed by atoms with Crippen LogP contribution in [0.5, 0.6) is 0 Å². The lowest BCUT2D eigenvalue weighted by Crippen LogP contribution is -2.47. The molecule has 0 radical (unpaired) electrons. The molecule has 1 heterocycles. The molecule has 1 N–H and O–H groups in total. The molecule has 2 rings (SSSR count). The highest BCUT2D eigenvalue weighted by Crippen LogP contribution is 2.11. The van der Waals surface area contributed by atoms with Crippen LogP contribution in [0, 0.1) is 0 Å². The van der Waals surface area contributed by atoms with Gasteiger partial charge in [-0.25, -0.2) is 0 Å². The zero-order valence-corrected chi connectivity index (χ0v) is 9.15. The topological polar surface area (TPSA) is 24.5 Å². The molecule has 0 aliphatic carbocycles. The molecule has 0 bridgehead atoms. The van der Waals surface area contributed by atoms with Crippen LogP contribution in [0.15, 0.2) is 30.3 Å². The van der Waals surface area contributed by atoms with E-state index in [0.29, 0.717) is 6.04 Å². The molecule has 0 amide bonds. The number of nitrogens with zero attached hydrogens (tertiary/aromatic N) is 1. The molecular weight excluding hydrogens is 188 g/mol. The number of benzene rings is 1. The molecule has 1 aromatic carbocycles. The molecule has 1 unspecified atom stereocenters.